The summed E-state index contributed by atoms with van der Waals surface area (Å²) in [5.41, 5.74) is 1.19. The van der Waals surface area contributed by atoms with Crippen molar-refractivity contribution >= 4 is 0 Å². The lowest BCUT2D eigenvalue weighted by molar-refractivity contribution is 0.302. The van der Waals surface area contributed by atoms with Crippen molar-refractivity contribution < 1.29 is 0 Å². The van der Waals surface area contributed by atoms with E-state index in [1.807, 2.05) is 12.4 Å². The van der Waals surface area contributed by atoms with Crippen molar-refractivity contribution in [3.63, 3.8) is 0 Å². The second-order valence-electron chi connectivity index (χ2n) is 6.98. The fourth-order valence-electron chi connectivity index (χ4n) is 3.29. The van der Waals surface area contributed by atoms with E-state index < -0.39 is 0 Å². The van der Waals surface area contributed by atoms with Gasteiger partial charge in [0.2, 0.25) is 0 Å². The third-order valence-electron chi connectivity index (χ3n) is 4.52. The number of nitrogens with one attached hydrogen (secondary N) is 1. The Morgan fingerprint density at radius 3 is 2.38 bits per heavy atom. The van der Waals surface area contributed by atoms with Gasteiger partial charge < -0.3 is 5.32 Å². The molecule has 1 aliphatic rings. The molecule has 0 bridgehead atoms. The van der Waals surface area contributed by atoms with Crippen LogP contribution < -0.4 is 5.32 Å². The SMILES string of the molecule is CCCC1CCC(c2ncc(CNCC(C)C)cn2)CC1. The molecule has 0 spiro atoms. The Balaban J connectivity index is 1.79. The smallest absolute Gasteiger partial charge is 0.131 e. The highest BCUT2D eigenvalue weighted by atomic mass is 14.9. The molecule has 1 aromatic rings. The third-order valence-corrected chi connectivity index (χ3v) is 4.52. The molecule has 2 rings (SSSR count). The van der Waals surface area contributed by atoms with Gasteiger partial charge in [0.1, 0.15) is 5.82 Å². The number of rotatable bonds is 7. The average molecular weight is 289 g/mol. The van der Waals surface area contributed by atoms with E-state index in [4.69, 9.17) is 0 Å². The highest BCUT2D eigenvalue weighted by Gasteiger charge is 2.23. The zero-order valence-corrected chi connectivity index (χ0v) is 13.9. The Labute approximate surface area is 130 Å². The summed E-state index contributed by atoms with van der Waals surface area (Å²) in [7, 11) is 0. The molecular formula is C18H31N3. The lowest BCUT2D eigenvalue weighted by Gasteiger charge is -2.27. The molecule has 1 saturated carbocycles. The van der Waals surface area contributed by atoms with Gasteiger partial charge in [-0.25, -0.2) is 9.97 Å². The van der Waals surface area contributed by atoms with E-state index in [1.54, 1.807) is 0 Å². The summed E-state index contributed by atoms with van der Waals surface area (Å²) in [4.78, 5) is 9.24. The van der Waals surface area contributed by atoms with E-state index in [-0.39, 0.29) is 0 Å². The first kappa shape index (κ1) is 16.4. The zero-order chi connectivity index (χ0) is 15.1. The van der Waals surface area contributed by atoms with Crippen molar-refractivity contribution in [3.8, 4) is 0 Å². The molecule has 1 heterocycles. The molecule has 0 aliphatic heterocycles. The molecule has 1 N–H and O–H groups in total. The first-order valence-electron chi connectivity index (χ1n) is 8.70. The number of aromatic nitrogens is 2. The predicted octanol–water partition coefficient (Wildman–Crippen LogP) is 4.30. The average Bonchev–Trinajstić information content (AvgIpc) is 2.49. The van der Waals surface area contributed by atoms with Crippen LogP contribution in [-0.2, 0) is 6.54 Å². The second-order valence-corrected chi connectivity index (χ2v) is 6.98. The maximum atomic E-state index is 4.62. The summed E-state index contributed by atoms with van der Waals surface area (Å²) in [6.07, 6.45) is 12.0. The van der Waals surface area contributed by atoms with Gasteiger partial charge in [-0.05, 0) is 44.1 Å². The van der Waals surface area contributed by atoms with E-state index in [9.17, 15) is 0 Å². The van der Waals surface area contributed by atoms with Gasteiger partial charge in [0.25, 0.3) is 0 Å². The molecule has 0 aromatic carbocycles. The second kappa shape index (κ2) is 8.47. The van der Waals surface area contributed by atoms with Crippen molar-refractivity contribution in [1.82, 2.24) is 15.3 Å². The number of nitrogens with zero attached hydrogens (tertiary/aromatic N) is 2. The van der Waals surface area contributed by atoms with E-state index in [2.05, 4.69) is 36.1 Å². The molecule has 0 radical (unpaired) electrons. The minimum atomic E-state index is 0.593. The summed E-state index contributed by atoms with van der Waals surface area (Å²) < 4.78 is 0. The van der Waals surface area contributed by atoms with Gasteiger partial charge in [0.15, 0.2) is 0 Å². The maximum Gasteiger partial charge on any atom is 0.131 e. The molecule has 3 heteroatoms. The largest absolute Gasteiger partial charge is 0.312 e. The lowest BCUT2D eigenvalue weighted by Crippen LogP contribution is -2.19. The molecule has 118 valence electrons. The minimum absolute atomic E-state index is 0.593. The van der Waals surface area contributed by atoms with Crippen molar-refractivity contribution in [2.75, 3.05) is 6.54 Å². The molecule has 3 nitrogen and oxygen atoms in total. The Morgan fingerprint density at radius 2 is 1.81 bits per heavy atom. The van der Waals surface area contributed by atoms with E-state index in [0.717, 1.165) is 24.8 Å². The molecule has 0 atom stereocenters. The Morgan fingerprint density at radius 1 is 1.14 bits per heavy atom. The van der Waals surface area contributed by atoms with Crippen molar-refractivity contribution in [2.45, 2.75) is 71.8 Å². The molecule has 1 fully saturated rings. The van der Waals surface area contributed by atoms with Crippen LogP contribution in [0.4, 0.5) is 0 Å². The summed E-state index contributed by atoms with van der Waals surface area (Å²) in [5.74, 6) is 3.29. The normalized spacial score (nSPS) is 22.7. The van der Waals surface area contributed by atoms with Crippen LogP contribution in [0.2, 0.25) is 0 Å². The lowest BCUT2D eigenvalue weighted by atomic mass is 9.80. The van der Waals surface area contributed by atoms with Gasteiger partial charge in [0.05, 0.1) is 0 Å². The minimum Gasteiger partial charge on any atom is -0.312 e. The molecule has 0 saturated heterocycles. The standard InChI is InChI=1S/C18H31N3/c1-4-5-15-6-8-17(9-7-15)18-20-12-16(13-21-18)11-19-10-14(2)3/h12-15,17,19H,4-11H2,1-3H3. The topological polar surface area (TPSA) is 37.8 Å². The highest BCUT2D eigenvalue weighted by Crippen LogP contribution is 2.35. The molecule has 0 amide bonds. The first-order valence-corrected chi connectivity index (χ1v) is 8.70. The van der Waals surface area contributed by atoms with Gasteiger partial charge in [-0.15, -0.1) is 0 Å². The van der Waals surface area contributed by atoms with Crippen molar-refractivity contribution in [1.29, 1.82) is 0 Å². The van der Waals surface area contributed by atoms with Crippen LogP contribution in [0.25, 0.3) is 0 Å². The van der Waals surface area contributed by atoms with Crippen LogP contribution in [0, 0.1) is 11.8 Å². The van der Waals surface area contributed by atoms with Crippen molar-refractivity contribution in [2.24, 2.45) is 11.8 Å². The molecule has 0 unspecified atom stereocenters. The molecule has 1 aromatic heterocycles. The molecular weight excluding hydrogens is 258 g/mol. The predicted molar refractivity (Wildman–Crippen MR) is 88.2 cm³/mol. The van der Waals surface area contributed by atoms with Crippen LogP contribution in [0.3, 0.4) is 0 Å². The van der Waals surface area contributed by atoms with Gasteiger partial charge >= 0.3 is 0 Å². The Hall–Kier alpha value is -0.960. The summed E-state index contributed by atoms with van der Waals surface area (Å²) in [6.45, 7) is 8.66. The van der Waals surface area contributed by atoms with Crippen molar-refractivity contribution in [3.05, 3.63) is 23.8 Å². The highest BCUT2D eigenvalue weighted by molar-refractivity contribution is 5.08. The fraction of sp³-hybridized carbons (Fsp3) is 0.778. The van der Waals surface area contributed by atoms with Crippen LogP contribution in [0.5, 0.6) is 0 Å². The summed E-state index contributed by atoms with van der Waals surface area (Å²) in [5, 5.41) is 3.44. The maximum absolute atomic E-state index is 4.62. The Kier molecular flexibility index (Phi) is 6.62. The molecule has 1 aliphatic carbocycles. The van der Waals surface area contributed by atoms with Gasteiger partial charge in [0, 0.05) is 30.4 Å². The Bertz CT molecular complexity index is 391. The monoisotopic (exact) mass is 289 g/mol. The summed E-state index contributed by atoms with van der Waals surface area (Å²) >= 11 is 0. The fourth-order valence-corrected chi connectivity index (χ4v) is 3.29. The quantitative estimate of drug-likeness (QED) is 0.813. The van der Waals surface area contributed by atoms with Crippen LogP contribution >= 0.6 is 0 Å². The zero-order valence-electron chi connectivity index (χ0n) is 13.9. The van der Waals surface area contributed by atoms with Gasteiger partial charge in [-0.2, -0.15) is 0 Å². The summed E-state index contributed by atoms with van der Waals surface area (Å²) in [6, 6.07) is 0. The van der Waals surface area contributed by atoms with E-state index in [0.29, 0.717) is 11.8 Å². The van der Waals surface area contributed by atoms with Gasteiger partial charge in [-0.3, -0.25) is 0 Å². The van der Waals surface area contributed by atoms with E-state index >= 15 is 0 Å². The van der Waals surface area contributed by atoms with Crippen LogP contribution in [-0.4, -0.2) is 16.5 Å². The first-order chi connectivity index (χ1) is 10.2. The van der Waals surface area contributed by atoms with Crippen LogP contribution in [0.1, 0.15) is 76.6 Å². The third kappa shape index (κ3) is 5.39. The van der Waals surface area contributed by atoms with Crippen LogP contribution in [0.15, 0.2) is 12.4 Å². The number of hydrogen-bond donors (Lipinski definition) is 1. The van der Waals surface area contributed by atoms with Gasteiger partial charge in [-0.1, -0.05) is 33.6 Å². The molecule has 21 heavy (non-hydrogen) atoms. The van der Waals surface area contributed by atoms with E-state index in [1.165, 1.54) is 44.1 Å². The number of hydrogen-bond acceptors (Lipinski definition) is 3.